The normalized spacial score (nSPS) is 10.2. The Balaban J connectivity index is 1.46. The van der Waals surface area contributed by atoms with Crippen LogP contribution in [0.25, 0.3) is 0 Å². The largest absolute Gasteiger partial charge is 0.493 e. The molecule has 0 saturated heterocycles. The summed E-state index contributed by atoms with van der Waals surface area (Å²) in [6.07, 6.45) is 4.26. The molecule has 26 heavy (non-hydrogen) atoms. The molecule has 5 heteroatoms. The SMILES string of the molecule is O=C(NCc1cccnc1)Nc1cccc(OCCc2ccccc2)c1. The van der Waals surface area contributed by atoms with Crippen molar-refractivity contribution in [3.8, 4) is 5.75 Å². The topological polar surface area (TPSA) is 63.2 Å². The van der Waals surface area contributed by atoms with E-state index in [9.17, 15) is 4.79 Å². The van der Waals surface area contributed by atoms with Crippen molar-refractivity contribution >= 4 is 11.7 Å². The number of hydrogen-bond acceptors (Lipinski definition) is 3. The molecule has 0 aliphatic heterocycles. The van der Waals surface area contributed by atoms with Crippen LogP contribution in [0.15, 0.2) is 79.1 Å². The van der Waals surface area contributed by atoms with Crippen molar-refractivity contribution in [2.24, 2.45) is 0 Å². The molecule has 0 aliphatic carbocycles. The Bertz CT molecular complexity index is 823. The van der Waals surface area contributed by atoms with Gasteiger partial charge in [0.15, 0.2) is 0 Å². The fourth-order valence-electron chi connectivity index (χ4n) is 2.46. The number of rotatable bonds is 7. The summed E-state index contributed by atoms with van der Waals surface area (Å²) in [5, 5.41) is 5.61. The fourth-order valence-corrected chi connectivity index (χ4v) is 2.46. The summed E-state index contributed by atoms with van der Waals surface area (Å²) in [6, 6.07) is 21.0. The van der Waals surface area contributed by atoms with Crippen molar-refractivity contribution in [1.82, 2.24) is 10.3 Å². The van der Waals surface area contributed by atoms with Crippen molar-refractivity contribution in [1.29, 1.82) is 0 Å². The maximum absolute atomic E-state index is 12.0. The number of urea groups is 1. The van der Waals surface area contributed by atoms with Crippen LogP contribution in [0.3, 0.4) is 0 Å². The van der Waals surface area contributed by atoms with E-state index in [0.29, 0.717) is 18.8 Å². The number of nitrogens with one attached hydrogen (secondary N) is 2. The third-order valence-electron chi connectivity index (χ3n) is 3.77. The number of pyridine rings is 1. The first-order valence-electron chi connectivity index (χ1n) is 8.50. The third kappa shape index (κ3) is 5.63. The van der Waals surface area contributed by atoms with Gasteiger partial charge in [-0.05, 0) is 29.3 Å². The van der Waals surface area contributed by atoms with Gasteiger partial charge in [-0.2, -0.15) is 0 Å². The zero-order valence-electron chi connectivity index (χ0n) is 14.4. The van der Waals surface area contributed by atoms with Crippen molar-refractivity contribution in [2.45, 2.75) is 13.0 Å². The van der Waals surface area contributed by atoms with Crippen molar-refractivity contribution in [3.63, 3.8) is 0 Å². The standard InChI is InChI=1S/C21H21N3O2/c25-21(23-16-18-8-5-12-22-15-18)24-19-9-4-10-20(14-19)26-13-11-17-6-2-1-3-7-17/h1-10,12,14-15H,11,13,16H2,(H2,23,24,25). The van der Waals surface area contributed by atoms with E-state index in [1.165, 1.54) is 5.56 Å². The van der Waals surface area contributed by atoms with Gasteiger partial charge in [0.05, 0.1) is 6.61 Å². The van der Waals surface area contributed by atoms with Crippen LogP contribution in [0.4, 0.5) is 10.5 Å². The van der Waals surface area contributed by atoms with Crippen molar-refractivity contribution in [3.05, 3.63) is 90.3 Å². The number of carbonyl (C=O) groups excluding carboxylic acids is 1. The molecule has 132 valence electrons. The Morgan fingerprint density at radius 2 is 1.81 bits per heavy atom. The highest BCUT2D eigenvalue weighted by Crippen LogP contribution is 2.17. The Hall–Kier alpha value is -3.34. The van der Waals surface area contributed by atoms with Crippen LogP contribution in [0.1, 0.15) is 11.1 Å². The van der Waals surface area contributed by atoms with Crippen LogP contribution in [0, 0.1) is 0 Å². The van der Waals surface area contributed by atoms with Crippen LogP contribution < -0.4 is 15.4 Å². The highest BCUT2D eigenvalue weighted by molar-refractivity contribution is 5.89. The number of anilines is 1. The van der Waals surface area contributed by atoms with E-state index in [1.807, 2.05) is 54.6 Å². The number of amides is 2. The van der Waals surface area contributed by atoms with Crippen LogP contribution >= 0.6 is 0 Å². The van der Waals surface area contributed by atoms with Gasteiger partial charge in [0.2, 0.25) is 0 Å². The predicted octanol–water partition coefficient (Wildman–Crippen LogP) is 4.02. The molecule has 0 saturated carbocycles. The molecule has 0 unspecified atom stereocenters. The molecule has 0 aliphatic rings. The van der Waals surface area contributed by atoms with E-state index in [-0.39, 0.29) is 6.03 Å². The van der Waals surface area contributed by atoms with Crippen LogP contribution in [0.5, 0.6) is 5.75 Å². The number of benzene rings is 2. The summed E-state index contributed by atoms with van der Waals surface area (Å²) < 4.78 is 5.78. The number of carbonyl (C=O) groups is 1. The zero-order chi connectivity index (χ0) is 18.0. The highest BCUT2D eigenvalue weighted by atomic mass is 16.5. The molecule has 3 aromatic rings. The van der Waals surface area contributed by atoms with Gasteiger partial charge in [-0.25, -0.2) is 4.79 Å². The van der Waals surface area contributed by atoms with E-state index >= 15 is 0 Å². The first-order valence-corrected chi connectivity index (χ1v) is 8.50. The second kappa shape index (κ2) is 9.22. The molecular weight excluding hydrogens is 326 g/mol. The monoisotopic (exact) mass is 347 g/mol. The molecule has 0 fully saturated rings. The molecule has 1 heterocycles. The number of hydrogen-bond donors (Lipinski definition) is 2. The minimum absolute atomic E-state index is 0.268. The highest BCUT2D eigenvalue weighted by Gasteiger charge is 2.03. The summed E-state index contributed by atoms with van der Waals surface area (Å²) in [7, 11) is 0. The summed E-state index contributed by atoms with van der Waals surface area (Å²) in [5.74, 6) is 0.728. The number of ether oxygens (including phenoxy) is 1. The molecular formula is C21H21N3O2. The molecule has 0 atom stereocenters. The lowest BCUT2D eigenvalue weighted by molar-refractivity contribution is 0.251. The Morgan fingerprint density at radius 1 is 0.962 bits per heavy atom. The average molecular weight is 347 g/mol. The smallest absolute Gasteiger partial charge is 0.319 e. The molecule has 2 N–H and O–H groups in total. The van der Waals surface area contributed by atoms with Crippen LogP contribution in [-0.2, 0) is 13.0 Å². The van der Waals surface area contributed by atoms with E-state index in [1.54, 1.807) is 12.4 Å². The molecule has 2 aromatic carbocycles. The molecule has 3 rings (SSSR count). The zero-order valence-corrected chi connectivity index (χ0v) is 14.4. The van der Waals surface area contributed by atoms with Crippen LogP contribution in [-0.4, -0.2) is 17.6 Å². The minimum Gasteiger partial charge on any atom is -0.493 e. The molecule has 1 aromatic heterocycles. The van der Waals surface area contributed by atoms with Crippen molar-refractivity contribution in [2.75, 3.05) is 11.9 Å². The van der Waals surface area contributed by atoms with E-state index in [4.69, 9.17) is 4.74 Å². The minimum atomic E-state index is -0.268. The molecule has 5 nitrogen and oxygen atoms in total. The predicted molar refractivity (Wildman–Crippen MR) is 102 cm³/mol. The van der Waals surface area contributed by atoms with Gasteiger partial charge in [-0.3, -0.25) is 4.98 Å². The lowest BCUT2D eigenvalue weighted by Gasteiger charge is -2.10. The second-order valence-corrected chi connectivity index (χ2v) is 5.78. The summed E-state index contributed by atoms with van der Waals surface area (Å²) >= 11 is 0. The van der Waals surface area contributed by atoms with E-state index < -0.39 is 0 Å². The van der Waals surface area contributed by atoms with Gasteiger partial charge in [0.1, 0.15) is 5.75 Å². The lowest BCUT2D eigenvalue weighted by atomic mass is 10.2. The third-order valence-corrected chi connectivity index (χ3v) is 3.77. The Labute approximate surface area is 153 Å². The summed E-state index contributed by atoms with van der Waals surface area (Å²) in [6.45, 7) is 1.01. The first kappa shape index (κ1) is 17.5. The maximum atomic E-state index is 12.0. The molecule has 0 bridgehead atoms. The van der Waals surface area contributed by atoms with Gasteiger partial charge >= 0.3 is 6.03 Å². The van der Waals surface area contributed by atoms with E-state index in [2.05, 4.69) is 27.8 Å². The average Bonchev–Trinajstić information content (AvgIpc) is 2.68. The Kier molecular flexibility index (Phi) is 6.20. The molecule has 0 spiro atoms. The number of aromatic nitrogens is 1. The second-order valence-electron chi connectivity index (χ2n) is 5.78. The first-order chi connectivity index (χ1) is 12.8. The van der Waals surface area contributed by atoms with E-state index in [0.717, 1.165) is 17.7 Å². The summed E-state index contributed by atoms with van der Waals surface area (Å²) in [5.41, 5.74) is 2.86. The number of nitrogens with zero attached hydrogens (tertiary/aromatic N) is 1. The fraction of sp³-hybridized carbons (Fsp3) is 0.143. The van der Waals surface area contributed by atoms with Gasteiger partial charge in [-0.15, -0.1) is 0 Å². The Morgan fingerprint density at radius 3 is 2.62 bits per heavy atom. The van der Waals surface area contributed by atoms with Crippen molar-refractivity contribution < 1.29 is 9.53 Å². The van der Waals surface area contributed by atoms with Crippen LogP contribution in [0.2, 0.25) is 0 Å². The molecule has 0 radical (unpaired) electrons. The quantitative estimate of drug-likeness (QED) is 0.678. The van der Waals surface area contributed by atoms with Gasteiger partial charge in [0, 0.05) is 37.1 Å². The van der Waals surface area contributed by atoms with Gasteiger partial charge in [0.25, 0.3) is 0 Å². The lowest BCUT2D eigenvalue weighted by Crippen LogP contribution is -2.28. The molecule has 2 amide bonds. The summed E-state index contributed by atoms with van der Waals surface area (Å²) in [4.78, 5) is 16.0. The van der Waals surface area contributed by atoms with Gasteiger partial charge < -0.3 is 15.4 Å². The van der Waals surface area contributed by atoms with Gasteiger partial charge in [-0.1, -0.05) is 42.5 Å². The maximum Gasteiger partial charge on any atom is 0.319 e.